The number of amides is 1. The minimum Gasteiger partial charge on any atom is -0.379 e. The number of aryl methyl sites for hydroxylation is 1. The zero-order valence-corrected chi connectivity index (χ0v) is 16.5. The fraction of sp³-hybridized carbons (Fsp3) is 0.364. The predicted molar refractivity (Wildman–Crippen MR) is 109 cm³/mol. The van der Waals surface area contributed by atoms with Gasteiger partial charge in [-0.15, -0.1) is 0 Å². The third-order valence-corrected chi connectivity index (χ3v) is 5.31. The van der Waals surface area contributed by atoms with Gasteiger partial charge in [-0.2, -0.15) is 5.26 Å². The molecule has 1 aliphatic rings. The van der Waals surface area contributed by atoms with Gasteiger partial charge in [-0.3, -0.25) is 9.69 Å². The number of halogens is 1. The van der Waals surface area contributed by atoms with Gasteiger partial charge in [-0.25, -0.2) is 0 Å². The molecule has 0 unspecified atom stereocenters. The van der Waals surface area contributed by atoms with Crippen molar-refractivity contribution in [2.24, 2.45) is 0 Å². The first-order valence-electron chi connectivity index (χ1n) is 9.49. The lowest BCUT2D eigenvalue weighted by Crippen LogP contribution is -2.44. The quantitative estimate of drug-likeness (QED) is 0.778. The van der Waals surface area contributed by atoms with Gasteiger partial charge in [0.25, 0.3) is 0 Å². The Morgan fingerprint density at radius 1 is 1.18 bits per heavy atom. The van der Waals surface area contributed by atoms with Crippen LogP contribution >= 0.6 is 11.6 Å². The highest BCUT2D eigenvalue weighted by Crippen LogP contribution is 2.27. The number of benzene rings is 2. The number of carbonyl (C=O) groups is 1. The summed E-state index contributed by atoms with van der Waals surface area (Å²) in [6, 6.07) is 17.3. The van der Waals surface area contributed by atoms with Gasteiger partial charge < -0.3 is 10.1 Å². The Labute approximate surface area is 170 Å². The molecular formula is C22H24ClN3O2. The monoisotopic (exact) mass is 397 g/mol. The number of nitrogens with zero attached hydrogens (tertiary/aromatic N) is 2. The second-order valence-electron chi connectivity index (χ2n) is 6.80. The molecule has 0 saturated carbocycles. The minimum absolute atomic E-state index is 0.00896. The van der Waals surface area contributed by atoms with Crippen molar-refractivity contribution < 1.29 is 9.53 Å². The number of rotatable bonds is 7. The number of nitrogens with one attached hydrogen (secondary N) is 1. The highest BCUT2D eigenvalue weighted by Gasteiger charge is 2.24. The highest BCUT2D eigenvalue weighted by atomic mass is 35.5. The average Bonchev–Trinajstić information content (AvgIpc) is 2.74. The molecule has 1 atom stereocenters. The van der Waals surface area contributed by atoms with E-state index < -0.39 is 0 Å². The molecule has 3 rings (SSSR count). The Morgan fingerprint density at radius 2 is 1.89 bits per heavy atom. The topological polar surface area (TPSA) is 65.4 Å². The molecule has 2 aromatic carbocycles. The highest BCUT2D eigenvalue weighted by molar-refractivity contribution is 6.31. The summed E-state index contributed by atoms with van der Waals surface area (Å²) < 4.78 is 5.46. The fourth-order valence-electron chi connectivity index (χ4n) is 3.37. The van der Waals surface area contributed by atoms with Gasteiger partial charge in [0.2, 0.25) is 5.91 Å². The molecule has 0 bridgehead atoms. The van der Waals surface area contributed by atoms with E-state index in [0.29, 0.717) is 43.2 Å². The first-order valence-corrected chi connectivity index (χ1v) is 9.87. The van der Waals surface area contributed by atoms with Crippen LogP contribution in [0.1, 0.15) is 29.2 Å². The van der Waals surface area contributed by atoms with E-state index in [0.717, 1.165) is 24.2 Å². The Hall–Kier alpha value is -2.39. The largest absolute Gasteiger partial charge is 0.379 e. The van der Waals surface area contributed by atoms with Crippen molar-refractivity contribution in [2.75, 3.05) is 32.8 Å². The second-order valence-corrected chi connectivity index (χ2v) is 7.21. The summed E-state index contributed by atoms with van der Waals surface area (Å²) in [6.45, 7) is 3.52. The van der Waals surface area contributed by atoms with E-state index in [1.54, 1.807) is 12.1 Å². The zero-order valence-electron chi connectivity index (χ0n) is 15.7. The minimum atomic E-state index is 0.00896. The van der Waals surface area contributed by atoms with E-state index in [-0.39, 0.29) is 11.9 Å². The molecule has 2 aromatic rings. The smallest absolute Gasteiger partial charge is 0.220 e. The maximum atomic E-state index is 12.4. The van der Waals surface area contributed by atoms with Crippen LogP contribution in [-0.2, 0) is 16.0 Å². The maximum Gasteiger partial charge on any atom is 0.220 e. The van der Waals surface area contributed by atoms with Crippen LogP contribution in [0.5, 0.6) is 0 Å². The Balaban J connectivity index is 1.58. The number of nitriles is 1. The van der Waals surface area contributed by atoms with E-state index >= 15 is 0 Å². The molecule has 1 N–H and O–H groups in total. The van der Waals surface area contributed by atoms with Gasteiger partial charge in [0.1, 0.15) is 0 Å². The summed E-state index contributed by atoms with van der Waals surface area (Å²) >= 11 is 6.43. The molecule has 28 heavy (non-hydrogen) atoms. The zero-order chi connectivity index (χ0) is 19.8. The molecule has 146 valence electrons. The first-order chi connectivity index (χ1) is 13.7. The molecule has 1 heterocycles. The summed E-state index contributed by atoms with van der Waals surface area (Å²) in [5.41, 5.74) is 2.70. The van der Waals surface area contributed by atoms with Crippen molar-refractivity contribution in [1.29, 1.82) is 5.26 Å². The van der Waals surface area contributed by atoms with Crippen LogP contribution < -0.4 is 5.32 Å². The summed E-state index contributed by atoms with van der Waals surface area (Å²) in [5.74, 6) is 0.00896. The third kappa shape index (κ3) is 5.56. The molecule has 0 aliphatic carbocycles. The third-order valence-electron chi connectivity index (χ3n) is 4.97. The number of ether oxygens (including phenoxy) is 1. The van der Waals surface area contributed by atoms with E-state index in [1.165, 1.54) is 0 Å². The molecule has 5 nitrogen and oxygen atoms in total. The molecular weight excluding hydrogens is 374 g/mol. The van der Waals surface area contributed by atoms with E-state index in [1.807, 2.05) is 36.4 Å². The number of carbonyl (C=O) groups excluding carboxylic acids is 1. The Morgan fingerprint density at radius 3 is 2.57 bits per heavy atom. The lowest BCUT2D eigenvalue weighted by Gasteiger charge is -2.35. The number of morpholine rings is 1. The van der Waals surface area contributed by atoms with Crippen molar-refractivity contribution in [2.45, 2.75) is 18.9 Å². The molecule has 0 radical (unpaired) electrons. The SMILES string of the molecule is N#Cc1ccc(CCC(=O)NC[C@@H](c2ccccc2Cl)N2CCOCC2)cc1. The molecule has 0 spiro atoms. The molecule has 0 aromatic heterocycles. The Bertz CT molecular complexity index is 826. The van der Waals surface area contributed by atoms with Crippen LogP contribution in [0.3, 0.4) is 0 Å². The van der Waals surface area contributed by atoms with Crippen LogP contribution in [0.4, 0.5) is 0 Å². The number of hydrogen-bond acceptors (Lipinski definition) is 4. The maximum absolute atomic E-state index is 12.4. The summed E-state index contributed by atoms with van der Waals surface area (Å²) in [5, 5.41) is 12.6. The van der Waals surface area contributed by atoms with Crippen molar-refractivity contribution in [3.05, 3.63) is 70.2 Å². The van der Waals surface area contributed by atoms with Crippen LogP contribution in [0, 0.1) is 11.3 Å². The molecule has 6 heteroatoms. The second kappa shape index (κ2) is 10.2. The average molecular weight is 398 g/mol. The van der Waals surface area contributed by atoms with Crippen molar-refractivity contribution in [3.63, 3.8) is 0 Å². The van der Waals surface area contributed by atoms with Gasteiger partial charge in [0, 0.05) is 31.1 Å². The van der Waals surface area contributed by atoms with E-state index in [4.69, 9.17) is 21.6 Å². The van der Waals surface area contributed by atoms with E-state index in [2.05, 4.69) is 16.3 Å². The van der Waals surface area contributed by atoms with Crippen molar-refractivity contribution >= 4 is 17.5 Å². The lowest BCUT2D eigenvalue weighted by molar-refractivity contribution is -0.121. The van der Waals surface area contributed by atoms with Crippen LogP contribution in [-0.4, -0.2) is 43.7 Å². The predicted octanol–water partition coefficient (Wildman–Crippen LogP) is 3.33. The molecule has 1 fully saturated rings. The van der Waals surface area contributed by atoms with Gasteiger partial charge in [0.15, 0.2) is 0 Å². The van der Waals surface area contributed by atoms with Crippen molar-refractivity contribution in [3.8, 4) is 6.07 Å². The first kappa shape index (κ1) is 20.3. The standard InChI is InChI=1S/C22H24ClN3O2/c23-20-4-2-1-3-19(20)21(26-11-13-28-14-12-26)16-25-22(27)10-9-17-5-7-18(15-24)8-6-17/h1-8,21H,9-14,16H2,(H,25,27)/t21-/m0/s1. The molecule has 1 saturated heterocycles. The Kier molecular flexibility index (Phi) is 7.44. The summed E-state index contributed by atoms with van der Waals surface area (Å²) in [7, 11) is 0. The van der Waals surface area contributed by atoms with Crippen LogP contribution in [0.2, 0.25) is 5.02 Å². The van der Waals surface area contributed by atoms with Crippen LogP contribution in [0.15, 0.2) is 48.5 Å². The van der Waals surface area contributed by atoms with Gasteiger partial charge >= 0.3 is 0 Å². The summed E-state index contributed by atoms with van der Waals surface area (Å²) in [6.07, 6.45) is 1.05. The van der Waals surface area contributed by atoms with Gasteiger partial charge in [-0.1, -0.05) is 41.9 Å². The normalized spacial score (nSPS) is 15.6. The van der Waals surface area contributed by atoms with E-state index in [9.17, 15) is 4.79 Å². The van der Waals surface area contributed by atoms with Gasteiger partial charge in [0.05, 0.1) is 30.9 Å². The molecule has 1 amide bonds. The molecule has 1 aliphatic heterocycles. The lowest BCUT2D eigenvalue weighted by atomic mass is 10.0. The fourth-order valence-corrected chi connectivity index (χ4v) is 3.63. The van der Waals surface area contributed by atoms with Crippen LogP contribution in [0.25, 0.3) is 0 Å². The number of hydrogen-bond donors (Lipinski definition) is 1. The van der Waals surface area contributed by atoms with Crippen molar-refractivity contribution in [1.82, 2.24) is 10.2 Å². The summed E-state index contributed by atoms with van der Waals surface area (Å²) in [4.78, 5) is 14.7. The van der Waals surface area contributed by atoms with Gasteiger partial charge in [-0.05, 0) is 35.7 Å².